The molecule has 104 valence electrons. The highest BCUT2D eigenvalue weighted by atomic mass is 16.5. The molecule has 0 atom stereocenters. The molecule has 2 N–H and O–H groups in total. The van der Waals surface area contributed by atoms with E-state index < -0.39 is 0 Å². The zero-order valence-electron chi connectivity index (χ0n) is 11.2. The van der Waals surface area contributed by atoms with E-state index >= 15 is 0 Å². The number of pyridine rings is 1. The molecule has 0 bridgehead atoms. The van der Waals surface area contributed by atoms with Crippen molar-refractivity contribution in [2.75, 3.05) is 51.8 Å². The fraction of sp³-hybridized carbons (Fsp3) is 0.538. The van der Waals surface area contributed by atoms with Gasteiger partial charge in [0.25, 0.3) is 5.91 Å². The maximum Gasteiger partial charge on any atom is 0.255 e. The van der Waals surface area contributed by atoms with Gasteiger partial charge < -0.3 is 15.4 Å². The van der Waals surface area contributed by atoms with E-state index in [1.807, 2.05) is 0 Å². The number of nitrogens with one attached hydrogen (secondary N) is 2. The molecule has 1 aliphatic heterocycles. The van der Waals surface area contributed by atoms with E-state index in [0.717, 1.165) is 32.8 Å². The summed E-state index contributed by atoms with van der Waals surface area (Å²) >= 11 is 0. The highest BCUT2D eigenvalue weighted by Crippen LogP contribution is 2.09. The number of carbonyl (C=O) groups is 1. The monoisotopic (exact) mass is 264 g/mol. The lowest BCUT2D eigenvalue weighted by Crippen LogP contribution is -2.41. The number of rotatable bonds is 5. The SMILES string of the molecule is CNc1ncccc1C(=O)NCCN1CCOCC1. The van der Waals surface area contributed by atoms with Gasteiger partial charge in [-0.15, -0.1) is 0 Å². The normalized spacial score (nSPS) is 16.1. The predicted octanol–water partition coefficient (Wildman–Crippen LogP) is 0.185. The zero-order valence-corrected chi connectivity index (χ0v) is 11.2. The van der Waals surface area contributed by atoms with Crippen molar-refractivity contribution in [1.82, 2.24) is 15.2 Å². The minimum atomic E-state index is -0.0919. The van der Waals surface area contributed by atoms with Gasteiger partial charge in [-0.1, -0.05) is 0 Å². The lowest BCUT2D eigenvalue weighted by atomic mass is 10.2. The number of anilines is 1. The van der Waals surface area contributed by atoms with Crippen LogP contribution in [0.3, 0.4) is 0 Å². The lowest BCUT2D eigenvalue weighted by molar-refractivity contribution is 0.0383. The molecule has 0 aliphatic carbocycles. The highest BCUT2D eigenvalue weighted by Gasteiger charge is 2.13. The van der Waals surface area contributed by atoms with Crippen LogP contribution in [0.4, 0.5) is 5.82 Å². The Labute approximate surface area is 113 Å². The fourth-order valence-corrected chi connectivity index (χ4v) is 2.04. The molecule has 0 saturated carbocycles. The van der Waals surface area contributed by atoms with Gasteiger partial charge in [-0.2, -0.15) is 0 Å². The molecular formula is C13H20N4O2. The van der Waals surface area contributed by atoms with E-state index in [2.05, 4.69) is 20.5 Å². The molecule has 0 aromatic carbocycles. The summed E-state index contributed by atoms with van der Waals surface area (Å²) in [6.45, 7) is 4.91. The summed E-state index contributed by atoms with van der Waals surface area (Å²) in [6, 6.07) is 3.53. The summed E-state index contributed by atoms with van der Waals surface area (Å²) in [6.07, 6.45) is 1.66. The minimum Gasteiger partial charge on any atom is -0.379 e. The zero-order chi connectivity index (χ0) is 13.5. The van der Waals surface area contributed by atoms with Crippen molar-refractivity contribution in [3.63, 3.8) is 0 Å². The van der Waals surface area contributed by atoms with Crippen LogP contribution in [0.1, 0.15) is 10.4 Å². The Bertz CT molecular complexity index is 419. The molecular weight excluding hydrogens is 244 g/mol. The van der Waals surface area contributed by atoms with Crippen LogP contribution in [-0.2, 0) is 4.74 Å². The summed E-state index contributed by atoms with van der Waals surface area (Å²) < 4.78 is 5.28. The van der Waals surface area contributed by atoms with Gasteiger partial charge in [-0.25, -0.2) is 4.98 Å². The van der Waals surface area contributed by atoms with Crippen molar-refractivity contribution in [3.8, 4) is 0 Å². The molecule has 6 nitrogen and oxygen atoms in total. The minimum absolute atomic E-state index is 0.0919. The van der Waals surface area contributed by atoms with Crippen molar-refractivity contribution in [3.05, 3.63) is 23.9 Å². The summed E-state index contributed by atoms with van der Waals surface area (Å²) in [7, 11) is 1.76. The molecule has 0 unspecified atom stereocenters. The topological polar surface area (TPSA) is 66.5 Å². The van der Waals surface area contributed by atoms with Crippen molar-refractivity contribution in [2.45, 2.75) is 0 Å². The third-order valence-corrected chi connectivity index (χ3v) is 3.11. The Morgan fingerprint density at radius 1 is 1.47 bits per heavy atom. The Morgan fingerprint density at radius 2 is 2.26 bits per heavy atom. The van der Waals surface area contributed by atoms with Gasteiger partial charge in [0.2, 0.25) is 0 Å². The number of hydrogen-bond donors (Lipinski definition) is 2. The quantitative estimate of drug-likeness (QED) is 0.794. The summed E-state index contributed by atoms with van der Waals surface area (Å²) in [5.74, 6) is 0.511. The molecule has 2 heterocycles. The fourth-order valence-electron chi connectivity index (χ4n) is 2.04. The molecule has 6 heteroatoms. The molecule has 19 heavy (non-hydrogen) atoms. The maximum atomic E-state index is 12.0. The molecule has 1 fully saturated rings. The van der Waals surface area contributed by atoms with Crippen molar-refractivity contribution in [1.29, 1.82) is 0 Å². The number of morpholine rings is 1. The molecule has 0 spiro atoms. The number of nitrogens with zero attached hydrogens (tertiary/aromatic N) is 2. The van der Waals surface area contributed by atoms with E-state index in [4.69, 9.17) is 4.74 Å². The largest absolute Gasteiger partial charge is 0.379 e. The third-order valence-electron chi connectivity index (χ3n) is 3.11. The summed E-state index contributed by atoms with van der Waals surface area (Å²) in [5.41, 5.74) is 0.576. The van der Waals surface area contributed by atoms with Crippen LogP contribution in [0.2, 0.25) is 0 Å². The number of ether oxygens (including phenoxy) is 1. The van der Waals surface area contributed by atoms with Crippen LogP contribution in [0.5, 0.6) is 0 Å². The molecule has 2 rings (SSSR count). The predicted molar refractivity (Wildman–Crippen MR) is 73.4 cm³/mol. The Hall–Kier alpha value is -1.66. The first-order valence-corrected chi connectivity index (χ1v) is 6.52. The number of hydrogen-bond acceptors (Lipinski definition) is 5. The van der Waals surface area contributed by atoms with E-state index in [0.29, 0.717) is 17.9 Å². The van der Waals surface area contributed by atoms with Gasteiger partial charge >= 0.3 is 0 Å². The molecule has 1 aliphatic rings. The van der Waals surface area contributed by atoms with Crippen LogP contribution in [0.15, 0.2) is 18.3 Å². The van der Waals surface area contributed by atoms with Crippen LogP contribution in [0.25, 0.3) is 0 Å². The van der Waals surface area contributed by atoms with Gasteiger partial charge in [0.1, 0.15) is 5.82 Å². The van der Waals surface area contributed by atoms with Crippen LogP contribution >= 0.6 is 0 Å². The van der Waals surface area contributed by atoms with E-state index in [1.165, 1.54) is 0 Å². The average molecular weight is 264 g/mol. The van der Waals surface area contributed by atoms with Gasteiger partial charge in [-0.3, -0.25) is 9.69 Å². The highest BCUT2D eigenvalue weighted by molar-refractivity contribution is 5.98. The summed E-state index contributed by atoms with van der Waals surface area (Å²) in [5, 5.41) is 5.84. The maximum absolute atomic E-state index is 12.0. The Morgan fingerprint density at radius 3 is 3.00 bits per heavy atom. The summed E-state index contributed by atoms with van der Waals surface area (Å²) in [4.78, 5) is 18.4. The first kappa shape index (κ1) is 13.8. The second-order valence-electron chi connectivity index (χ2n) is 4.36. The first-order chi connectivity index (χ1) is 9.31. The Balaban J connectivity index is 1.80. The molecule has 0 radical (unpaired) electrons. The number of carbonyl (C=O) groups excluding carboxylic acids is 1. The lowest BCUT2D eigenvalue weighted by Gasteiger charge is -2.26. The first-order valence-electron chi connectivity index (χ1n) is 6.52. The van der Waals surface area contributed by atoms with Crippen molar-refractivity contribution < 1.29 is 9.53 Å². The third kappa shape index (κ3) is 3.90. The van der Waals surface area contributed by atoms with Gasteiger partial charge in [-0.05, 0) is 12.1 Å². The standard InChI is InChI=1S/C13H20N4O2/c1-14-12-11(3-2-4-15-12)13(18)16-5-6-17-7-9-19-10-8-17/h2-4H,5-10H2,1H3,(H,14,15)(H,16,18). The van der Waals surface area contributed by atoms with Crippen LogP contribution in [0, 0.1) is 0 Å². The average Bonchev–Trinajstić information content (AvgIpc) is 2.48. The second-order valence-corrected chi connectivity index (χ2v) is 4.36. The second kappa shape index (κ2) is 7.06. The van der Waals surface area contributed by atoms with Gasteiger partial charge in [0, 0.05) is 39.4 Å². The molecule has 1 aromatic rings. The van der Waals surface area contributed by atoms with E-state index in [-0.39, 0.29) is 5.91 Å². The number of amides is 1. The van der Waals surface area contributed by atoms with Gasteiger partial charge in [0.15, 0.2) is 0 Å². The van der Waals surface area contributed by atoms with Crippen molar-refractivity contribution >= 4 is 11.7 Å². The molecule has 1 saturated heterocycles. The smallest absolute Gasteiger partial charge is 0.255 e. The van der Waals surface area contributed by atoms with E-state index in [9.17, 15) is 4.79 Å². The molecule has 1 amide bonds. The van der Waals surface area contributed by atoms with E-state index in [1.54, 1.807) is 25.4 Å². The number of aromatic nitrogens is 1. The van der Waals surface area contributed by atoms with Crippen LogP contribution in [-0.4, -0.2) is 62.2 Å². The van der Waals surface area contributed by atoms with Gasteiger partial charge in [0.05, 0.1) is 18.8 Å². The Kier molecular flexibility index (Phi) is 5.11. The molecule has 1 aromatic heterocycles. The van der Waals surface area contributed by atoms with Crippen LogP contribution < -0.4 is 10.6 Å². The van der Waals surface area contributed by atoms with Crippen molar-refractivity contribution in [2.24, 2.45) is 0 Å².